The minimum absolute atomic E-state index is 0.128. The molecular formula is C20H15F2N5O2. The number of nitriles is 1. The van der Waals surface area contributed by atoms with Crippen molar-refractivity contribution in [2.75, 3.05) is 19.5 Å². The van der Waals surface area contributed by atoms with Crippen LogP contribution in [0.5, 0.6) is 11.5 Å². The molecule has 0 aliphatic rings. The third-order valence-electron chi connectivity index (χ3n) is 4.43. The van der Waals surface area contributed by atoms with Crippen LogP contribution in [0.15, 0.2) is 42.6 Å². The number of halogens is 2. The molecule has 0 saturated carbocycles. The average molecular weight is 395 g/mol. The van der Waals surface area contributed by atoms with Crippen LogP contribution in [0.4, 0.5) is 20.3 Å². The van der Waals surface area contributed by atoms with Gasteiger partial charge in [-0.15, -0.1) is 0 Å². The van der Waals surface area contributed by atoms with Gasteiger partial charge in [-0.05, 0) is 24.3 Å². The number of nitrogens with one attached hydrogen (secondary N) is 2. The molecule has 29 heavy (non-hydrogen) atoms. The van der Waals surface area contributed by atoms with Crippen LogP contribution >= 0.6 is 0 Å². The largest absolute Gasteiger partial charge is 0.493 e. The Labute approximate surface area is 164 Å². The Morgan fingerprint density at radius 1 is 1.10 bits per heavy atom. The second-order valence-corrected chi connectivity index (χ2v) is 6.10. The number of H-pyrrole nitrogens is 1. The summed E-state index contributed by atoms with van der Waals surface area (Å²) < 4.78 is 39.8. The van der Waals surface area contributed by atoms with Gasteiger partial charge < -0.3 is 19.8 Å². The second-order valence-electron chi connectivity index (χ2n) is 6.10. The monoisotopic (exact) mass is 395 g/mol. The smallest absolute Gasteiger partial charge is 0.162 e. The first kappa shape index (κ1) is 18.3. The molecule has 0 fully saturated rings. The number of aromatic nitrogens is 3. The Bertz CT molecular complexity index is 1260. The fourth-order valence-corrected chi connectivity index (χ4v) is 3.06. The third-order valence-corrected chi connectivity index (χ3v) is 4.43. The Balaban J connectivity index is 1.89. The Kier molecular flexibility index (Phi) is 4.52. The van der Waals surface area contributed by atoms with Crippen LogP contribution in [0, 0.1) is 23.0 Å². The van der Waals surface area contributed by atoms with E-state index < -0.39 is 11.6 Å². The second kappa shape index (κ2) is 7.16. The molecule has 2 aromatic carbocycles. The fourth-order valence-electron chi connectivity index (χ4n) is 3.06. The van der Waals surface area contributed by atoms with Crippen molar-refractivity contribution in [2.45, 2.75) is 0 Å². The van der Waals surface area contributed by atoms with E-state index in [0.717, 1.165) is 12.1 Å². The molecule has 4 rings (SSSR count). The molecule has 2 N–H and O–H groups in total. The van der Waals surface area contributed by atoms with E-state index in [4.69, 9.17) is 9.47 Å². The van der Waals surface area contributed by atoms with E-state index in [1.165, 1.54) is 31.0 Å². The molecule has 0 saturated heterocycles. The summed E-state index contributed by atoms with van der Waals surface area (Å²) in [4.78, 5) is 3.01. The number of imidazole rings is 1. The average Bonchev–Trinajstić information content (AvgIpc) is 3.27. The van der Waals surface area contributed by atoms with Crippen LogP contribution in [-0.4, -0.2) is 28.8 Å². The molecule has 7 nitrogen and oxygen atoms in total. The highest BCUT2D eigenvalue weighted by Gasteiger charge is 2.20. The van der Waals surface area contributed by atoms with Crippen molar-refractivity contribution in [3.8, 4) is 28.8 Å². The first-order chi connectivity index (χ1) is 14.0. The molecule has 9 heteroatoms. The maximum Gasteiger partial charge on any atom is 0.162 e. The summed E-state index contributed by atoms with van der Waals surface area (Å²) in [7, 11) is 3.05. The van der Waals surface area contributed by atoms with Crippen molar-refractivity contribution in [3.63, 3.8) is 0 Å². The summed E-state index contributed by atoms with van der Waals surface area (Å²) >= 11 is 0. The topological polar surface area (TPSA) is 87.4 Å². The highest BCUT2D eigenvalue weighted by atomic mass is 19.1. The molecule has 0 atom stereocenters. The van der Waals surface area contributed by atoms with Gasteiger partial charge in [0.2, 0.25) is 0 Å². The molecule has 0 aliphatic carbocycles. The molecule has 146 valence electrons. The maximum atomic E-state index is 14.5. The molecule has 0 spiro atoms. The number of fused-ring (bicyclic) bond motifs is 1. The summed E-state index contributed by atoms with van der Waals surface area (Å²) in [5.41, 5.74) is 1.73. The van der Waals surface area contributed by atoms with Crippen LogP contribution in [0.1, 0.15) is 5.56 Å². The number of methoxy groups -OCH3 is 2. The lowest BCUT2D eigenvalue weighted by atomic mass is 10.1. The molecule has 0 radical (unpaired) electrons. The molecule has 2 heterocycles. The lowest BCUT2D eigenvalue weighted by molar-refractivity contribution is 0.355. The molecule has 4 aromatic rings. The Morgan fingerprint density at radius 3 is 2.59 bits per heavy atom. The Morgan fingerprint density at radius 2 is 1.90 bits per heavy atom. The maximum absolute atomic E-state index is 14.5. The van der Waals surface area contributed by atoms with Gasteiger partial charge >= 0.3 is 0 Å². The molecule has 0 amide bonds. The van der Waals surface area contributed by atoms with Gasteiger partial charge in [0.1, 0.15) is 23.3 Å². The summed E-state index contributed by atoms with van der Waals surface area (Å²) in [6.07, 6.45) is 1.40. The van der Waals surface area contributed by atoms with Crippen molar-refractivity contribution in [2.24, 2.45) is 0 Å². The minimum atomic E-state index is -0.747. The number of hydrogen-bond donors (Lipinski definition) is 2. The van der Waals surface area contributed by atoms with Gasteiger partial charge in [-0.25, -0.2) is 8.78 Å². The highest BCUT2D eigenvalue weighted by Crippen LogP contribution is 2.36. The number of aromatic amines is 1. The number of hydrogen-bond acceptors (Lipinski definition) is 5. The van der Waals surface area contributed by atoms with E-state index >= 15 is 0 Å². The van der Waals surface area contributed by atoms with Gasteiger partial charge in [-0.3, -0.25) is 0 Å². The van der Waals surface area contributed by atoms with E-state index in [0.29, 0.717) is 34.3 Å². The van der Waals surface area contributed by atoms with E-state index in [1.54, 1.807) is 18.2 Å². The van der Waals surface area contributed by atoms with Crippen molar-refractivity contribution in [1.82, 2.24) is 14.6 Å². The van der Waals surface area contributed by atoms with Crippen LogP contribution in [0.3, 0.4) is 0 Å². The van der Waals surface area contributed by atoms with Gasteiger partial charge in [-0.1, -0.05) is 0 Å². The van der Waals surface area contributed by atoms with E-state index in [1.807, 2.05) is 6.07 Å². The van der Waals surface area contributed by atoms with E-state index in [2.05, 4.69) is 15.4 Å². The number of nitrogens with zero attached hydrogens (tertiary/aromatic N) is 3. The van der Waals surface area contributed by atoms with Gasteiger partial charge in [0.15, 0.2) is 23.0 Å². The number of benzene rings is 2. The molecule has 0 bridgehead atoms. The molecular weight excluding hydrogens is 380 g/mol. The van der Waals surface area contributed by atoms with Crippen LogP contribution in [0.25, 0.3) is 16.9 Å². The van der Waals surface area contributed by atoms with Crippen molar-refractivity contribution in [3.05, 3.63) is 59.8 Å². The summed E-state index contributed by atoms with van der Waals surface area (Å²) in [6, 6.07) is 10.5. The predicted molar refractivity (Wildman–Crippen MR) is 102 cm³/mol. The van der Waals surface area contributed by atoms with Crippen LogP contribution < -0.4 is 14.8 Å². The lowest BCUT2D eigenvalue weighted by Crippen LogP contribution is -1.99. The summed E-state index contributed by atoms with van der Waals surface area (Å²) in [5.74, 6) is -0.0119. The first-order valence-corrected chi connectivity index (χ1v) is 8.50. The van der Waals surface area contributed by atoms with E-state index in [9.17, 15) is 14.0 Å². The number of anilines is 2. The fraction of sp³-hybridized carbons (Fsp3) is 0.100. The first-order valence-electron chi connectivity index (χ1n) is 8.50. The van der Waals surface area contributed by atoms with Crippen LogP contribution in [-0.2, 0) is 0 Å². The summed E-state index contributed by atoms with van der Waals surface area (Å²) in [5, 5.41) is 16.7. The quantitative estimate of drug-likeness (QED) is 0.528. The van der Waals surface area contributed by atoms with Gasteiger partial charge in [0, 0.05) is 23.4 Å². The zero-order chi connectivity index (χ0) is 20.5. The van der Waals surface area contributed by atoms with E-state index in [-0.39, 0.29) is 11.1 Å². The molecule has 2 aromatic heterocycles. The lowest BCUT2D eigenvalue weighted by Gasteiger charge is -2.12. The normalized spacial score (nSPS) is 10.7. The Hall–Kier alpha value is -4.06. The standard InChI is InChI=1S/C20H15F2N5O2/c1-28-16-6-4-13(8-17(16)29-2)25-20-18(14-5-3-12(21)7-15(14)22)26-19-11(9-23)10-24-27(19)20/h3-8,10,25-26H,1-2H3. The zero-order valence-corrected chi connectivity index (χ0v) is 15.5. The number of ether oxygens (including phenoxy) is 2. The van der Waals surface area contributed by atoms with Crippen LogP contribution in [0.2, 0.25) is 0 Å². The van der Waals surface area contributed by atoms with Gasteiger partial charge in [-0.2, -0.15) is 14.9 Å². The molecule has 0 unspecified atom stereocenters. The van der Waals surface area contributed by atoms with Crippen molar-refractivity contribution >= 4 is 17.2 Å². The minimum Gasteiger partial charge on any atom is -0.493 e. The zero-order valence-electron chi connectivity index (χ0n) is 15.5. The van der Waals surface area contributed by atoms with Crippen molar-refractivity contribution < 1.29 is 18.3 Å². The summed E-state index contributed by atoms with van der Waals surface area (Å²) in [6.45, 7) is 0. The number of rotatable bonds is 5. The van der Waals surface area contributed by atoms with Gasteiger partial charge in [0.25, 0.3) is 0 Å². The highest BCUT2D eigenvalue weighted by molar-refractivity contribution is 5.81. The third kappa shape index (κ3) is 3.10. The van der Waals surface area contributed by atoms with Crippen molar-refractivity contribution in [1.29, 1.82) is 5.26 Å². The predicted octanol–water partition coefficient (Wildman–Crippen LogP) is 4.24. The molecule has 0 aliphatic heterocycles. The SMILES string of the molecule is COc1ccc(Nc2c(-c3ccc(F)cc3F)[nH]c3c(C#N)cnn23)cc1OC. The van der Waals surface area contributed by atoms with Gasteiger partial charge in [0.05, 0.1) is 26.1 Å².